The summed E-state index contributed by atoms with van der Waals surface area (Å²) >= 11 is 0. The van der Waals surface area contributed by atoms with Gasteiger partial charge in [-0.15, -0.1) is 0 Å². The van der Waals surface area contributed by atoms with E-state index in [1.807, 2.05) is 24.3 Å². The van der Waals surface area contributed by atoms with E-state index in [4.69, 9.17) is 10.00 Å². The van der Waals surface area contributed by atoms with Crippen molar-refractivity contribution in [3.05, 3.63) is 30.3 Å². The summed E-state index contributed by atoms with van der Waals surface area (Å²) in [7, 11) is 0. The third-order valence-corrected chi connectivity index (χ3v) is 1.94. The van der Waals surface area contributed by atoms with Gasteiger partial charge in [0.05, 0.1) is 12.0 Å². The van der Waals surface area contributed by atoms with Gasteiger partial charge in [0.15, 0.2) is 6.61 Å². The van der Waals surface area contributed by atoms with Crippen molar-refractivity contribution in [1.82, 2.24) is 5.32 Å². The maximum Gasteiger partial charge on any atom is 0.257 e. The van der Waals surface area contributed by atoms with Gasteiger partial charge in [0.1, 0.15) is 5.75 Å². The van der Waals surface area contributed by atoms with Crippen LogP contribution in [0.2, 0.25) is 0 Å². The minimum Gasteiger partial charge on any atom is -0.484 e. The molecule has 84 valence electrons. The number of para-hydroxylation sites is 1. The summed E-state index contributed by atoms with van der Waals surface area (Å²) in [6.07, 6.45) is 0. The van der Waals surface area contributed by atoms with Crippen molar-refractivity contribution in [2.24, 2.45) is 5.92 Å². The molecule has 16 heavy (non-hydrogen) atoms. The molecule has 0 radical (unpaired) electrons. The van der Waals surface area contributed by atoms with Crippen LogP contribution in [-0.4, -0.2) is 19.1 Å². The topological polar surface area (TPSA) is 62.1 Å². The molecule has 1 aromatic carbocycles. The molecule has 0 saturated carbocycles. The molecule has 1 aromatic rings. The number of benzene rings is 1. The maximum absolute atomic E-state index is 11.3. The Bertz CT molecular complexity index is 370. The molecular formula is C12H14N2O2. The Kier molecular flexibility index (Phi) is 4.87. The van der Waals surface area contributed by atoms with Gasteiger partial charge >= 0.3 is 0 Å². The summed E-state index contributed by atoms with van der Waals surface area (Å²) in [5, 5.41) is 11.1. The first-order valence-electron chi connectivity index (χ1n) is 5.06. The molecule has 1 unspecified atom stereocenters. The molecule has 0 spiro atoms. The number of carbonyl (C=O) groups is 1. The first kappa shape index (κ1) is 12.1. The Labute approximate surface area is 94.8 Å². The second-order valence-electron chi connectivity index (χ2n) is 3.44. The minimum absolute atomic E-state index is 0.0256. The average molecular weight is 218 g/mol. The fraction of sp³-hybridized carbons (Fsp3) is 0.333. The van der Waals surface area contributed by atoms with E-state index in [2.05, 4.69) is 5.32 Å². The van der Waals surface area contributed by atoms with Crippen molar-refractivity contribution in [1.29, 1.82) is 5.26 Å². The molecule has 0 aliphatic rings. The lowest BCUT2D eigenvalue weighted by Crippen LogP contribution is -2.32. The largest absolute Gasteiger partial charge is 0.484 e. The summed E-state index contributed by atoms with van der Waals surface area (Å²) in [5.41, 5.74) is 0. The van der Waals surface area contributed by atoms with Crippen molar-refractivity contribution in [3.63, 3.8) is 0 Å². The van der Waals surface area contributed by atoms with E-state index >= 15 is 0 Å². The number of nitrogens with zero attached hydrogens (tertiary/aromatic N) is 1. The van der Waals surface area contributed by atoms with Crippen LogP contribution in [0.5, 0.6) is 5.75 Å². The van der Waals surface area contributed by atoms with Crippen LogP contribution in [-0.2, 0) is 4.79 Å². The van der Waals surface area contributed by atoms with Crippen LogP contribution in [0.1, 0.15) is 6.92 Å². The van der Waals surface area contributed by atoms with Gasteiger partial charge in [0.25, 0.3) is 5.91 Å². The first-order chi connectivity index (χ1) is 7.72. The molecule has 1 rings (SSSR count). The Morgan fingerprint density at radius 1 is 1.50 bits per heavy atom. The Morgan fingerprint density at radius 3 is 2.81 bits per heavy atom. The molecule has 0 saturated heterocycles. The molecule has 0 bridgehead atoms. The van der Waals surface area contributed by atoms with Gasteiger partial charge in [-0.05, 0) is 19.1 Å². The smallest absolute Gasteiger partial charge is 0.257 e. The SMILES string of the molecule is CC(C#N)CNC(=O)COc1ccccc1. The molecule has 4 nitrogen and oxygen atoms in total. The van der Waals surface area contributed by atoms with Gasteiger partial charge in [-0.25, -0.2) is 0 Å². The number of hydrogen-bond acceptors (Lipinski definition) is 3. The van der Waals surface area contributed by atoms with Gasteiger partial charge in [0, 0.05) is 6.54 Å². The molecule has 0 fully saturated rings. The number of rotatable bonds is 5. The quantitative estimate of drug-likeness (QED) is 0.811. The van der Waals surface area contributed by atoms with Gasteiger partial charge in [0.2, 0.25) is 0 Å². The number of nitriles is 1. The van der Waals surface area contributed by atoms with E-state index in [1.165, 1.54) is 0 Å². The minimum atomic E-state index is -0.217. The summed E-state index contributed by atoms with van der Waals surface area (Å²) < 4.78 is 5.24. The number of ether oxygens (including phenoxy) is 1. The zero-order valence-corrected chi connectivity index (χ0v) is 9.14. The number of nitrogens with one attached hydrogen (secondary N) is 1. The van der Waals surface area contributed by atoms with Gasteiger partial charge in [-0.2, -0.15) is 5.26 Å². The van der Waals surface area contributed by atoms with E-state index in [-0.39, 0.29) is 18.4 Å². The monoisotopic (exact) mass is 218 g/mol. The summed E-state index contributed by atoms with van der Waals surface area (Å²) in [4.78, 5) is 11.3. The first-order valence-corrected chi connectivity index (χ1v) is 5.06. The molecular weight excluding hydrogens is 204 g/mol. The number of hydrogen-bond donors (Lipinski definition) is 1. The van der Waals surface area contributed by atoms with Crippen molar-refractivity contribution in [2.45, 2.75) is 6.92 Å². The van der Waals surface area contributed by atoms with Crippen molar-refractivity contribution in [3.8, 4) is 11.8 Å². The highest BCUT2D eigenvalue weighted by Crippen LogP contribution is 2.07. The highest BCUT2D eigenvalue weighted by molar-refractivity contribution is 5.77. The maximum atomic E-state index is 11.3. The second-order valence-corrected chi connectivity index (χ2v) is 3.44. The Balaban J connectivity index is 2.24. The van der Waals surface area contributed by atoms with Gasteiger partial charge < -0.3 is 10.1 Å². The second kappa shape index (κ2) is 6.46. The third-order valence-electron chi connectivity index (χ3n) is 1.94. The standard InChI is InChI=1S/C12H14N2O2/c1-10(7-13)8-14-12(15)9-16-11-5-3-2-4-6-11/h2-6,10H,8-9H2,1H3,(H,14,15). The lowest BCUT2D eigenvalue weighted by atomic mass is 10.2. The van der Waals surface area contributed by atoms with E-state index < -0.39 is 0 Å². The van der Waals surface area contributed by atoms with E-state index in [1.54, 1.807) is 19.1 Å². The van der Waals surface area contributed by atoms with Crippen LogP contribution in [0.3, 0.4) is 0 Å². The molecule has 1 N–H and O–H groups in total. The number of amides is 1. The highest BCUT2D eigenvalue weighted by atomic mass is 16.5. The lowest BCUT2D eigenvalue weighted by molar-refractivity contribution is -0.123. The van der Waals surface area contributed by atoms with E-state index in [0.717, 1.165) is 0 Å². The molecule has 1 atom stereocenters. The van der Waals surface area contributed by atoms with Crippen molar-refractivity contribution < 1.29 is 9.53 Å². The van der Waals surface area contributed by atoms with Gasteiger partial charge in [-0.1, -0.05) is 18.2 Å². The van der Waals surface area contributed by atoms with Crippen LogP contribution < -0.4 is 10.1 Å². The van der Waals surface area contributed by atoms with Crippen LogP contribution in [0.4, 0.5) is 0 Å². The molecule has 0 aliphatic carbocycles. The molecule has 1 amide bonds. The third kappa shape index (κ3) is 4.47. The zero-order chi connectivity index (χ0) is 11.8. The predicted molar refractivity (Wildman–Crippen MR) is 59.7 cm³/mol. The van der Waals surface area contributed by atoms with Gasteiger partial charge in [-0.3, -0.25) is 4.79 Å². The normalized spacial score (nSPS) is 11.2. The molecule has 0 aliphatic heterocycles. The average Bonchev–Trinajstić information content (AvgIpc) is 2.34. The highest BCUT2D eigenvalue weighted by Gasteiger charge is 2.04. The van der Waals surface area contributed by atoms with E-state index in [9.17, 15) is 4.79 Å². The Hall–Kier alpha value is -2.02. The van der Waals surface area contributed by atoms with Crippen LogP contribution >= 0.6 is 0 Å². The Morgan fingerprint density at radius 2 is 2.19 bits per heavy atom. The molecule has 0 heterocycles. The van der Waals surface area contributed by atoms with E-state index in [0.29, 0.717) is 12.3 Å². The summed E-state index contributed by atoms with van der Waals surface area (Å²) in [5.74, 6) is 0.262. The van der Waals surface area contributed by atoms with Crippen LogP contribution in [0.15, 0.2) is 30.3 Å². The fourth-order valence-electron chi connectivity index (χ4n) is 1.03. The number of carbonyl (C=O) groups excluding carboxylic acids is 1. The molecule has 0 aromatic heterocycles. The lowest BCUT2D eigenvalue weighted by Gasteiger charge is -2.07. The zero-order valence-electron chi connectivity index (χ0n) is 9.14. The molecule has 4 heteroatoms. The van der Waals surface area contributed by atoms with Crippen LogP contribution in [0, 0.1) is 17.2 Å². The van der Waals surface area contributed by atoms with Crippen molar-refractivity contribution in [2.75, 3.05) is 13.2 Å². The summed E-state index contributed by atoms with van der Waals surface area (Å²) in [6.45, 7) is 2.08. The fourth-order valence-corrected chi connectivity index (χ4v) is 1.03. The predicted octanol–water partition coefficient (Wildman–Crippen LogP) is 1.34. The summed E-state index contributed by atoms with van der Waals surface area (Å²) in [6, 6.07) is 11.2. The van der Waals surface area contributed by atoms with Crippen LogP contribution in [0.25, 0.3) is 0 Å². The van der Waals surface area contributed by atoms with Crippen molar-refractivity contribution >= 4 is 5.91 Å².